The van der Waals surface area contributed by atoms with Gasteiger partial charge in [-0.05, 0) is 31.8 Å². The normalized spacial score (nSPS) is 17.0. The molecule has 0 aromatic carbocycles. The first-order chi connectivity index (χ1) is 9.79. The minimum absolute atomic E-state index is 0.789. The molecule has 2 aromatic rings. The third-order valence-electron chi connectivity index (χ3n) is 4.11. The summed E-state index contributed by atoms with van der Waals surface area (Å²) in [6.45, 7) is 6.49. The van der Waals surface area contributed by atoms with E-state index < -0.39 is 0 Å². The van der Waals surface area contributed by atoms with E-state index in [0.29, 0.717) is 0 Å². The van der Waals surface area contributed by atoms with Crippen molar-refractivity contribution in [3.05, 3.63) is 12.5 Å². The zero-order chi connectivity index (χ0) is 13.9. The van der Waals surface area contributed by atoms with E-state index in [2.05, 4.69) is 32.2 Å². The van der Waals surface area contributed by atoms with Gasteiger partial charge in [0.25, 0.3) is 0 Å². The Bertz CT molecular complexity index is 570. The predicted octanol–water partition coefficient (Wildman–Crippen LogP) is 1.19. The molecular weight excluding hydrogens is 252 g/mol. The summed E-state index contributed by atoms with van der Waals surface area (Å²) in [5.74, 6) is 1.82. The Kier molecular flexibility index (Phi) is 3.82. The van der Waals surface area contributed by atoms with Crippen molar-refractivity contribution in [3.63, 3.8) is 0 Å². The standard InChI is InChI=1S/C14H22N6/c1-3-15-8-11-4-6-20(7-5-11)14-12-9-18-19(2)13(12)16-10-17-14/h9-11,15H,3-8H2,1-2H3. The Balaban J connectivity index is 1.73. The van der Waals surface area contributed by atoms with Crippen molar-refractivity contribution in [1.29, 1.82) is 0 Å². The molecular formula is C14H22N6. The monoisotopic (exact) mass is 274 g/mol. The summed E-state index contributed by atoms with van der Waals surface area (Å²) < 4.78 is 1.80. The highest BCUT2D eigenvalue weighted by Crippen LogP contribution is 2.26. The van der Waals surface area contributed by atoms with Crippen LogP contribution in [0.5, 0.6) is 0 Å². The molecule has 1 saturated heterocycles. The van der Waals surface area contributed by atoms with Crippen LogP contribution in [0.4, 0.5) is 5.82 Å². The number of fused-ring (bicyclic) bond motifs is 1. The molecule has 0 amide bonds. The van der Waals surface area contributed by atoms with Crippen LogP contribution >= 0.6 is 0 Å². The Morgan fingerprint density at radius 1 is 1.30 bits per heavy atom. The van der Waals surface area contributed by atoms with E-state index in [1.54, 1.807) is 11.0 Å². The fraction of sp³-hybridized carbons (Fsp3) is 0.643. The zero-order valence-electron chi connectivity index (χ0n) is 12.2. The first-order valence-corrected chi connectivity index (χ1v) is 7.38. The van der Waals surface area contributed by atoms with Crippen LogP contribution in [-0.4, -0.2) is 45.9 Å². The maximum Gasteiger partial charge on any atom is 0.163 e. The zero-order valence-corrected chi connectivity index (χ0v) is 12.2. The third-order valence-corrected chi connectivity index (χ3v) is 4.11. The highest BCUT2D eigenvalue weighted by Gasteiger charge is 2.22. The number of rotatable bonds is 4. The number of aryl methyl sites for hydroxylation is 1. The smallest absolute Gasteiger partial charge is 0.163 e. The molecule has 3 rings (SSSR count). The highest BCUT2D eigenvalue weighted by atomic mass is 15.3. The summed E-state index contributed by atoms with van der Waals surface area (Å²) in [6, 6.07) is 0. The van der Waals surface area contributed by atoms with Gasteiger partial charge in [0.1, 0.15) is 12.1 Å². The van der Waals surface area contributed by atoms with Crippen LogP contribution in [0.3, 0.4) is 0 Å². The van der Waals surface area contributed by atoms with Crippen molar-refractivity contribution in [2.45, 2.75) is 19.8 Å². The van der Waals surface area contributed by atoms with Gasteiger partial charge in [0.15, 0.2) is 5.65 Å². The molecule has 0 bridgehead atoms. The van der Waals surface area contributed by atoms with E-state index in [1.807, 2.05) is 13.2 Å². The second-order valence-electron chi connectivity index (χ2n) is 5.44. The van der Waals surface area contributed by atoms with Gasteiger partial charge in [-0.1, -0.05) is 6.92 Å². The van der Waals surface area contributed by atoms with Gasteiger partial charge in [0.05, 0.1) is 11.6 Å². The molecule has 0 spiro atoms. The van der Waals surface area contributed by atoms with E-state index in [4.69, 9.17) is 0 Å². The van der Waals surface area contributed by atoms with Crippen molar-refractivity contribution in [3.8, 4) is 0 Å². The van der Waals surface area contributed by atoms with Gasteiger partial charge in [-0.25, -0.2) is 9.97 Å². The van der Waals surface area contributed by atoms with Gasteiger partial charge in [-0.3, -0.25) is 4.68 Å². The van der Waals surface area contributed by atoms with Crippen LogP contribution in [0.25, 0.3) is 11.0 Å². The quantitative estimate of drug-likeness (QED) is 0.907. The molecule has 1 fully saturated rings. The van der Waals surface area contributed by atoms with Crippen LogP contribution in [-0.2, 0) is 7.05 Å². The van der Waals surface area contributed by atoms with E-state index in [-0.39, 0.29) is 0 Å². The SMILES string of the molecule is CCNCC1CCN(c2ncnc3c2cnn3C)CC1. The van der Waals surface area contributed by atoms with Gasteiger partial charge < -0.3 is 10.2 Å². The van der Waals surface area contributed by atoms with Crippen molar-refractivity contribution in [1.82, 2.24) is 25.1 Å². The van der Waals surface area contributed by atoms with Crippen molar-refractivity contribution >= 4 is 16.9 Å². The van der Waals surface area contributed by atoms with Crippen molar-refractivity contribution in [2.75, 3.05) is 31.1 Å². The lowest BCUT2D eigenvalue weighted by Gasteiger charge is -2.33. The number of anilines is 1. The predicted molar refractivity (Wildman–Crippen MR) is 79.8 cm³/mol. The van der Waals surface area contributed by atoms with Gasteiger partial charge in [0, 0.05) is 20.1 Å². The van der Waals surface area contributed by atoms with Crippen LogP contribution in [0, 0.1) is 5.92 Å². The van der Waals surface area contributed by atoms with E-state index >= 15 is 0 Å². The maximum atomic E-state index is 4.48. The number of nitrogens with one attached hydrogen (secondary N) is 1. The molecule has 1 aliphatic heterocycles. The van der Waals surface area contributed by atoms with E-state index in [0.717, 1.165) is 48.9 Å². The highest BCUT2D eigenvalue weighted by molar-refractivity contribution is 5.86. The summed E-state index contributed by atoms with van der Waals surface area (Å²) in [6.07, 6.45) is 5.96. The Labute approximate surface area is 119 Å². The molecule has 1 N–H and O–H groups in total. The fourth-order valence-corrected chi connectivity index (χ4v) is 2.90. The van der Waals surface area contributed by atoms with Crippen LogP contribution in [0.1, 0.15) is 19.8 Å². The molecule has 3 heterocycles. The summed E-state index contributed by atoms with van der Waals surface area (Å²) in [5, 5.41) is 8.79. The van der Waals surface area contributed by atoms with E-state index in [1.165, 1.54) is 12.8 Å². The lowest BCUT2D eigenvalue weighted by atomic mass is 9.96. The topological polar surface area (TPSA) is 58.9 Å². The minimum Gasteiger partial charge on any atom is -0.356 e. The number of hydrogen-bond acceptors (Lipinski definition) is 5. The molecule has 6 heteroatoms. The molecule has 0 radical (unpaired) electrons. The summed E-state index contributed by atoms with van der Waals surface area (Å²) >= 11 is 0. The molecule has 0 atom stereocenters. The average Bonchev–Trinajstić information content (AvgIpc) is 2.87. The van der Waals surface area contributed by atoms with E-state index in [9.17, 15) is 0 Å². The largest absolute Gasteiger partial charge is 0.356 e. The molecule has 20 heavy (non-hydrogen) atoms. The maximum absolute atomic E-state index is 4.48. The second-order valence-corrected chi connectivity index (χ2v) is 5.44. The summed E-state index contributed by atoms with van der Waals surface area (Å²) in [4.78, 5) is 11.2. The molecule has 2 aromatic heterocycles. The number of aromatic nitrogens is 4. The molecule has 1 aliphatic rings. The average molecular weight is 274 g/mol. The minimum atomic E-state index is 0.789. The van der Waals surface area contributed by atoms with Crippen LogP contribution < -0.4 is 10.2 Å². The molecule has 6 nitrogen and oxygen atoms in total. The van der Waals surface area contributed by atoms with Crippen LogP contribution in [0.15, 0.2) is 12.5 Å². The molecule has 0 aliphatic carbocycles. The van der Waals surface area contributed by atoms with Crippen molar-refractivity contribution in [2.24, 2.45) is 13.0 Å². The number of nitrogens with zero attached hydrogens (tertiary/aromatic N) is 5. The lowest BCUT2D eigenvalue weighted by molar-refractivity contribution is 0.386. The first kappa shape index (κ1) is 13.3. The van der Waals surface area contributed by atoms with Gasteiger partial charge in [-0.2, -0.15) is 5.10 Å². The fourth-order valence-electron chi connectivity index (χ4n) is 2.90. The lowest BCUT2D eigenvalue weighted by Crippen LogP contribution is -2.37. The molecule has 108 valence electrons. The molecule has 0 unspecified atom stereocenters. The number of piperidine rings is 1. The third kappa shape index (κ3) is 2.47. The van der Waals surface area contributed by atoms with Gasteiger partial charge in [0.2, 0.25) is 0 Å². The Morgan fingerprint density at radius 2 is 2.10 bits per heavy atom. The number of hydrogen-bond donors (Lipinski definition) is 1. The summed E-state index contributed by atoms with van der Waals surface area (Å²) in [5.41, 5.74) is 0.907. The second kappa shape index (κ2) is 5.75. The van der Waals surface area contributed by atoms with Crippen molar-refractivity contribution < 1.29 is 0 Å². The van der Waals surface area contributed by atoms with Gasteiger partial charge in [-0.15, -0.1) is 0 Å². The van der Waals surface area contributed by atoms with Crippen LogP contribution in [0.2, 0.25) is 0 Å². The van der Waals surface area contributed by atoms with Gasteiger partial charge >= 0.3 is 0 Å². The first-order valence-electron chi connectivity index (χ1n) is 7.38. The Morgan fingerprint density at radius 3 is 2.85 bits per heavy atom. The molecule has 0 saturated carbocycles. The summed E-state index contributed by atoms with van der Waals surface area (Å²) in [7, 11) is 1.92. The Hall–Kier alpha value is -1.69.